The molecule has 0 aromatic carbocycles. The van der Waals surface area contributed by atoms with E-state index >= 15 is 0 Å². The van der Waals surface area contributed by atoms with Crippen LogP contribution >= 0.6 is 0 Å². The topological polar surface area (TPSA) is 41.0 Å². The van der Waals surface area contributed by atoms with E-state index < -0.39 is 0 Å². The van der Waals surface area contributed by atoms with Gasteiger partial charge in [-0.05, 0) is 31.8 Å². The number of aromatic nitrogens is 2. The molecule has 1 aliphatic heterocycles. The van der Waals surface area contributed by atoms with Gasteiger partial charge in [-0.3, -0.25) is 0 Å². The monoisotopic (exact) mass is 234 g/mol. The molecule has 17 heavy (non-hydrogen) atoms. The summed E-state index contributed by atoms with van der Waals surface area (Å²) in [4.78, 5) is 11.0. The van der Waals surface area contributed by atoms with Crippen molar-refractivity contribution in [1.29, 1.82) is 0 Å². The highest BCUT2D eigenvalue weighted by molar-refractivity contribution is 5.34. The molecule has 1 aliphatic rings. The lowest BCUT2D eigenvalue weighted by Crippen LogP contribution is -2.22. The molecule has 0 bridgehead atoms. The minimum atomic E-state index is 0.759. The van der Waals surface area contributed by atoms with Gasteiger partial charge in [-0.15, -0.1) is 0 Å². The lowest BCUT2D eigenvalue weighted by atomic mass is 10.1. The fraction of sp³-hybridized carbons (Fsp3) is 0.692. The SMILES string of the molecule is CCc1cc(NCC2CCN(CC)C2)ncn1. The second-order valence-electron chi connectivity index (χ2n) is 4.68. The Morgan fingerprint density at radius 2 is 2.29 bits per heavy atom. The quantitative estimate of drug-likeness (QED) is 0.843. The molecule has 94 valence electrons. The number of hydrogen-bond acceptors (Lipinski definition) is 4. The van der Waals surface area contributed by atoms with Crippen molar-refractivity contribution < 1.29 is 0 Å². The fourth-order valence-corrected chi connectivity index (χ4v) is 2.30. The van der Waals surface area contributed by atoms with E-state index in [4.69, 9.17) is 0 Å². The molecule has 1 unspecified atom stereocenters. The molecule has 1 aromatic rings. The maximum atomic E-state index is 4.25. The summed E-state index contributed by atoms with van der Waals surface area (Å²) in [5.74, 6) is 1.72. The highest BCUT2D eigenvalue weighted by atomic mass is 15.1. The molecular weight excluding hydrogens is 212 g/mol. The van der Waals surface area contributed by atoms with E-state index in [1.165, 1.54) is 26.1 Å². The van der Waals surface area contributed by atoms with Gasteiger partial charge in [0, 0.05) is 24.8 Å². The van der Waals surface area contributed by atoms with Crippen molar-refractivity contribution >= 4 is 5.82 Å². The largest absolute Gasteiger partial charge is 0.370 e. The van der Waals surface area contributed by atoms with Gasteiger partial charge in [0.05, 0.1) is 0 Å². The van der Waals surface area contributed by atoms with Crippen LogP contribution in [0.3, 0.4) is 0 Å². The van der Waals surface area contributed by atoms with Crippen molar-refractivity contribution in [2.24, 2.45) is 5.92 Å². The van der Waals surface area contributed by atoms with Crippen LogP contribution in [0.15, 0.2) is 12.4 Å². The average Bonchev–Trinajstić information content (AvgIpc) is 2.84. The molecule has 1 N–H and O–H groups in total. The molecule has 4 heteroatoms. The Labute approximate surface area is 103 Å². The van der Waals surface area contributed by atoms with Gasteiger partial charge in [-0.1, -0.05) is 13.8 Å². The summed E-state index contributed by atoms with van der Waals surface area (Å²) < 4.78 is 0. The van der Waals surface area contributed by atoms with Gasteiger partial charge < -0.3 is 10.2 Å². The summed E-state index contributed by atoms with van der Waals surface area (Å²) in [5, 5.41) is 3.43. The number of hydrogen-bond donors (Lipinski definition) is 1. The Morgan fingerprint density at radius 3 is 3.00 bits per heavy atom. The van der Waals surface area contributed by atoms with Gasteiger partial charge in [0.25, 0.3) is 0 Å². The molecule has 0 radical (unpaired) electrons. The van der Waals surface area contributed by atoms with E-state index in [1.54, 1.807) is 6.33 Å². The van der Waals surface area contributed by atoms with Gasteiger partial charge in [0.2, 0.25) is 0 Å². The smallest absolute Gasteiger partial charge is 0.129 e. The van der Waals surface area contributed by atoms with E-state index in [2.05, 4.69) is 34.0 Å². The van der Waals surface area contributed by atoms with Crippen LogP contribution in [0.5, 0.6) is 0 Å². The van der Waals surface area contributed by atoms with Gasteiger partial charge >= 0.3 is 0 Å². The maximum absolute atomic E-state index is 4.25. The van der Waals surface area contributed by atoms with E-state index in [9.17, 15) is 0 Å². The number of aryl methyl sites for hydroxylation is 1. The molecule has 1 aromatic heterocycles. The second kappa shape index (κ2) is 5.96. The van der Waals surface area contributed by atoms with E-state index in [0.29, 0.717) is 0 Å². The zero-order valence-electron chi connectivity index (χ0n) is 10.8. The molecule has 0 aliphatic carbocycles. The van der Waals surface area contributed by atoms with Crippen molar-refractivity contribution in [3.05, 3.63) is 18.1 Å². The van der Waals surface area contributed by atoms with Crippen LogP contribution in [0.4, 0.5) is 5.82 Å². The minimum absolute atomic E-state index is 0.759. The Hall–Kier alpha value is -1.16. The van der Waals surface area contributed by atoms with Crippen LogP contribution in [0.25, 0.3) is 0 Å². The first-order valence-corrected chi connectivity index (χ1v) is 6.59. The zero-order valence-corrected chi connectivity index (χ0v) is 10.8. The number of nitrogens with zero attached hydrogens (tertiary/aromatic N) is 3. The first-order valence-electron chi connectivity index (χ1n) is 6.59. The number of likely N-dealkylation sites (tertiary alicyclic amines) is 1. The molecule has 0 amide bonds. The normalized spacial score (nSPS) is 20.7. The first-order chi connectivity index (χ1) is 8.31. The van der Waals surface area contributed by atoms with Crippen molar-refractivity contribution in [2.45, 2.75) is 26.7 Å². The lowest BCUT2D eigenvalue weighted by Gasteiger charge is -2.14. The van der Waals surface area contributed by atoms with Crippen LogP contribution in [0.2, 0.25) is 0 Å². The number of rotatable bonds is 5. The van der Waals surface area contributed by atoms with E-state index in [-0.39, 0.29) is 0 Å². The number of nitrogens with one attached hydrogen (secondary N) is 1. The summed E-state index contributed by atoms with van der Waals surface area (Å²) in [7, 11) is 0. The predicted octanol–water partition coefficient (Wildman–Crippen LogP) is 1.79. The Bertz CT molecular complexity index is 353. The summed E-state index contributed by atoms with van der Waals surface area (Å²) in [6.07, 6.45) is 3.91. The van der Waals surface area contributed by atoms with Crippen LogP contribution < -0.4 is 5.32 Å². The number of anilines is 1. The highest BCUT2D eigenvalue weighted by Gasteiger charge is 2.20. The van der Waals surface area contributed by atoms with Crippen LogP contribution in [-0.4, -0.2) is 41.0 Å². The fourth-order valence-electron chi connectivity index (χ4n) is 2.30. The van der Waals surface area contributed by atoms with Crippen LogP contribution in [0, 0.1) is 5.92 Å². The van der Waals surface area contributed by atoms with Gasteiger partial charge in [0.1, 0.15) is 12.1 Å². The predicted molar refractivity (Wildman–Crippen MR) is 70.1 cm³/mol. The van der Waals surface area contributed by atoms with Crippen molar-refractivity contribution in [3.8, 4) is 0 Å². The third-order valence-corrected chi connectivity index (χ3v) is 3.47. The lowest BCUT2D eigenvalue weighted by molar-refractivity contribution is 0.345. The van der Waals surface area contributed by atoms with Gasteiger partial charge in [-0.25, -0.2) is 9.97 Å². The molecule has 0 spiro atoms. The molecular formula is C13H22N4. The molecule has 2 rings (SSSR count). The molecule has 1 saturated heterocycles. The van der Waals surface area contributed by atoms with E-state index in [1.807, 2.05) is 6.07 Å². The molecule has 1 atom stereocenters. The van der Waals surface area contributed by atoms with Crippen LogP contribution in [-0.2, 0) is 6.42 Å². The Balaban J connectivity index is 1.81. The van der Waals surface area contributed by atoms with Crippen LogP contribution in [0.1, 0.15) is 26.0 Å². The van der Waals surface area contributed by atoms with Gasteiger partial charge in [0.15, 0.2) is 0 Å². The van der Waals surface area contributed by atoms with Gasteiger partial charge in [-0.2, -0.15) is 0 Å². The standard InChI is InChI=1S/C13H22N4/c1-3-12-7-13(16-10-15-12)14-8-11-5-6-17(4-2)9-11/h7,10-11H,3-6,8-9H2,1-2H3,(H,14,15,16). The average molecular weight is 234 g/mol. The molecule has 2 heterocycles. The maximum Gasteiger partial charge on any atom is 0.129 e. The summed E-state index contributed by atoms with van der Waals surface area (Å²) >= 11 is 0. The first kappa shape index (κ1) is 12.3. The third kappa shape index (κ3) is 3.40. The minimum Gasteiger partial charge on any atom is -0.370 e. The van der Waals surface area contributed by atoms with Crippen molar-refractivity contribution in [2.75, 3.05) is 31.5 Å². The van der Waals surface area contributed by atoms with Crippen molar-refractivity contribution in [3.63, 3.8) is 0 Å². The zero-order chi connectivity index (χ0) is 12.1. The summed E-state index contributed by atoms with van der Waals surface area (Å²) in [6.45, 7) is 9.00. The van der Waals surface area contributed by atoms with Crippen molar-refractivity contribution in [1.82, 2.24) is 14.9 Å². The molecule has 4 nitrogen and oxygen atoms in total. The summed E-state index contributed by atoms with van der Waals surface area (Å²) in [6, 6.07) is 2.05. The van der Waals surface area contributed by atoms with E-state index in [0.717, 1.165) is 30.4 Å². The summed E-state index contributed by atoms with van der Waals surface area (Å²) in [5.41, 5.74) is 1.10. The molecule has 1 fully saturated rings. The highest BCUT2D eigenvalue weighted by Crippen LogP contribution is 2.16. The Morgan fingerprint density at radius 1 is 1.41 bits per heavy atom. The Kier molecular flexibility index (Phi) is 4.31. The third-order valence-electron chi connectivity index (χ3n) is 3.47. The molecule has 0 saturated carbocycles. The second-order valence-corrected chi connectivity index (χ2v) is 4.68.